The standard InChI is InChI=1S/C16H24N2O/c1-11(2)16(18-12(3)10-19-4)14-9-17-15-8-6-5-7-13(14)15/h5-9,11-12,16-18H,10H2,1-4H3. The van der Waals surface area contributed by atoms with E-state index in [-0.39, 0.29) is 0 Å². The van der Waals surface area contributed by atoms with Crippen molar-refractivity contribution in [1.82, 2.24) is 10.3 Å². The Morgan fingerprint density at radius 2 is 1.95 bits per heavy atom. The lowest BCUT2D eigenvalue weighted by molar-refractivity contribution is 0.162. The van der Waals surface area contributed by atoms with E-state index in [1.165, 1.54) is 16.5 Å². The van der Waals surface area contributed by atoms with E-state index in [0.717, 1.165) is 6.61 Å². The highest BCUT2D eigenvalue weighted by Crippen LogP contribution is 2.29. The van der Waals surface area contributed by atoms with Gasteiger partial charge in [0.1, 0.15) is 0 Å². The van der Waals surface area contributed by atoms with Gasteiger partial charge < -0.3 is 15.0 Å². The normalized spacial score (nSPS) is 15.0. The smallest absolute Gasteiger partial charge is 0.0613 e. The summed E-state index contributed by atoms with van der Waals surface area (Å²) in [5.74, 6) is 0.526. The van der Waals surface area contributed by atoms with Crippen molar-refractivity contribution in [2.75, 3.05) is 13.7 Å². The Balaban J connectivity index is 2.28. The molecule has 19 heavy (non-hydrogen) atoms. The zero-order chi connectivity index (χ0) is 13.8. The van der Waals surface area contributed by atoms with Crippen LogP contribution in [0, 0.1) is 5.92 Å². The summed E-state index contributed by atoms with van der Waals surface area (Å²) in [5.41, 5.74) is 2.54. The maximum Gasteiger partial charge on any atom is 0.0613 e. The number of hydrogen-bond donors (Lipinski definition) is 2. The van der Waals surface area contributed by atoms with Crippen molar-refractivity contribution in [3.63, 3.8) is 0 Å². The third-order valence-corrected chi connectivity index (χ3v) is 3.50. The van der Waals surface area contributed by atoms with Gasteiger partial charge in [-0.25, -0.2) is 0 Å². The van der Waals surface area contributed by atoms with E-state index in [2.05, 4.69) is 61.5 Å². The molecule has 1 aromatic carbocycles. The second-order valence-electron chi connectivity index (χ2n) is 5.53. The molecular formula is C16H24N2O. The van der Waals surface area contributed by atoms with E-state index in [0.29, 0.717) is 18.0 Å². The number of fused-ring (bicyclic) bond motifs is 1. The molecule has 0 aliphatic carbocycles. The van der Waals surface area contributed by atoms with Crippen LogP contribution in [0.15, 0.2) is 30.5 Å². The molecule has 1 aromatic heterocycles. The van der Waals surface area contributed by atoms with Gasteiger partial charge in [0.2, 0.25) is 0 Å². The fourth-order valence-electron chi connectivity index (χ4n) is 2.60. The molecule has 0 aliphatic heterocycles. The van der Waals surface area contributed by atoms with Crippen LogP contribution in [0.25, 0.3) is 10.9 Å². The number of aromatic nitrogens is 1. The molecule has 2 aromatic rings. The van der Waals surface area contributed by atoms with Crippen LogP contribution in [0.2, 0.25) is 0 Å². The maximum absolute atomic E-state index is 5.22. The zero-order valence-corrected chi connectivity index (χ0v) is 12.2. The second kappa shape index (κ2) is 6.22. The van der Waals surface area contributed by atoms with Crippen LogP contribution in [-0.4, -0.2) is 24.7 Å². The van der Waals surface area contributed by atoms with Crippen LogP contribution in [0.5, 0.6) is 0 Å². The highest BCUT2D eigenvalue weighted by Gasteiger charge is 2.20. The number of methoxy groups -OCH3 is 1. The van der Waals surface area contributed by atoms with E-state index in [1.54, 1.807) is 7.11 Å². The van der Waals surface area contributed by atoms with Crippen LogP contribution in [0.3, 0.4) is 0 Å². The molecule has 0 bridgehead atoms. The van der Waals surface area contributed by atoms with E-state index in [4.69, 9.17) is 4.74 Å². The van der Waals surface area contributed by atoms with Crippen molar-refractivity contribution in [1.29, 1.82) is 0 Å². The molecule has 0 saturated carbocycles. The summed E-state index contributed by atoms with van der Waals surface area (Å²) in [4.78, 5) is 3.36. The number of hydrogen-bond acceptors (Lipinski definition) is 2. The third kappa shape index (κ3) is 3.17. The molecule has 3 heteroatoms. The van der Waals surface area contributed by atoms with Crippen LogP contribution >= 0.6 is 0 Å². The van der Waals surface area contributed by atoms with Crippen LogP contribution in [-0.2, 0) is 4.74 Å². The molecule has 0 saturated heterocycles. The Morgan fingerprint density at radius 3 is 2.63 bits per heavy atom. The predicted octanol–water partition coefficient (Wildman–Crippen LogP) is 3.49. The lowest BCUT2D eigenvalue weighted by atomic mass is 9.95. The fourth-order valence-corrected chi connectivity index (χ4v) is 2.60. The molecule has 0 fully saturated rings. The summed E-state index contributed by atoms with van der Waals surface area (Å²) in [6.45, 7) is 7.39. The topological polar surface area (TPSA) is 37.0 Å². The summed E-state index contributed by atoms with van der Waals surface area (Å²) >= 11 is 0. The van der Waals surface area contributed by atoms with Gasteiger partial charge in [0.05, 0.1) is 6.61 Å². The molecule has 3 nitrogen and oxygen atoms in total. The first-order valence-corrected chi connectivity index (χ1v) is 6.94. The predicted molar refractivity (Wildman–Crippen MR) is 80.4 cm³/mol. The van der Waals surface area contributed by atoms with Crippen LogP contribution < -0.4 is 5.32 Å². The molecule has 0 aliphatic rings. The van der Waals surface area contributed by atoms with Crippen molar-refractivity contribution < 1.29 is 4.74 Å². The summed E-state index contributed by atoms with van der Waals surface area (Å²) in [6, 6.07) is 9.13. The van der Waals surface area contributed by atoms with Gasteiger partial charge in [-0.15, -0.1) is 0 Å². The number of H-pyrrole nitrogens is 1. The monoisotopic (exact) mass is 260 g/mol. The highest BCUT2D eigenvalue weighted by atomic mass is 16.5. The molecular weight excluding hydrogens is 236 g/mol. The van der Waals surface area contributed by atoms with Gasteiger partial charge in [0.15, 0.2) is 0 Å². The molecule has 0 radical (unpaired) electrons. The molecule has 2 unspecified atom stereocenters. The van der Waals surface area contributed by atoms with Crippen molar-refractivity contribution in [2.45, 2.75) is 32.9 Å². The highest BCUT2D eigenvalue weighted by molar-refractivity contribution is 5.83. The maximum atomic E-state index is 5.22. The molecule has 104 valence electrons. The van der Waals surface area contributed by atoms with E-state index < -0.39 is 0 Å². The van der Waals surface area contributed by atoms with Crippen LogP contribution in [0.4, 0.5) is 0 Å². The van der Waals surface area contributed by atoms with E-state index in [9.17, 15) is 0 Å². The lowest BCUT2D eigenvalue weighted by Crippen LogP contribution is -2.36. The van der Waals surface area contributed by atoms with Crippen molar-refractivity contribution >= 4 is 10.9 Å². The second-order valence-corrected chi connectivity index (χ2v) is 5.53. The van der Waals surface area contributed by atoms with Crippen molar-refractivity contribution in [2.24, 2.45) is 5.92 Å². The number of para-hydroxylation sites is 1. The Morgan fingerprint density at radius 1 is 1.21 bits per heavy atom. The van der Waals surface area contributed by atoms with Gasteiger partial charge in [-0.3, -0.25) is 0 Å². The molecule has 0 amide bonds. The summed E-state index contributed by atoms with van der Waals surface area (Å²) in [7, 11) is 1.74. The number of nitrogens with one attached hydrogen (secondary N) is 2. The summed E-state index contributed by atoms with van der Waals surface area (Å²) < 4.78 is 5.22. The Kier molecular flexibility index (Phi) is 4.61. The molecule has 0 spiro atoms. The largest absolute Gasteiger partial charge is 0.383 e. The minimum absolute atomic E-state index is 0.335. The molecule has 2 rings (SSSR count). The first kappa shape index (κ1) is 14.1. The van der Waals surface area contributed by atoms with Crippen molar-refractivity contribution in [3.05, 3.63) is 36.0 Å². The number of ether oxygens (including phenoxy) is 1. The van der Waals surface area contributed by atoms with E-state index in [1.807, 2.05) is 0 Å². The quantitative estimate of drug-likeness (QED) is 0.834. The van der Waals surface area contributed by atoms with Crippen LogP contribution in [0.1, 0.15) is 32.4 Å². The first-order chi connectivity index (χ1) is 9.13. The summed E-state index contributed by atoms with van der Waals surface area (Å²) in [6.07, 6.45) is 2.13. The average molecular weight is 260 g/mol. The lowest BCUT2D eigenvalue weighted by Gasteiger charge is -2.26. The van der Waals surface area contributed by atoms with Gasteiger partial charge >= 0.3 is 0 Å². The van der Waals surface area contributed by atoms with Gasteiger partial charge in [-0.1, -0.05) is 32.0 Å². The van der Waals surface area contributed by atoms with Gasteiger partial charge in [0.25, 0.3) is 0 Å². The zero-order valence-electron chi connectivity index (χ0n) is 12.2. The first-order valence-electron chi connectivity index (χ1n) is 6.94. The van der Waals surface area contributed by atoms with Gasteiger partial charge in [-0.2, -0.15) is 0 Å². The number of aromatic amines is 1. The third-order valence-electron chi connectivity index (χ3n) is 3.50. The van der Waals surface area contributed by atoms with Gasteiger partial charge in [-0.05, 0) is 24.5 Å². The molecule has 2 atom stereocenters. The Hall–Kier alpha value is -1.32. The minimum Gasteiger partial charge on any atom is -0.383 e. The number of rotatable bonds is 6. The fraction of sp³-hybridized carbons (Fsp3) is 0.500. The average Bonchev–Trinajstić information content (AvgIpc) is 2.79. The Labute approximate surface area is 115 Å². The molecule has 2 N–H and O–H groups in total. The van der Waals surface area contributed by atoms with E-state index >= 15 is 0 Å². The van der Waals surface area contributed by atoms with Crippen molar-refractivity contribution in [3.8, 4) is 0 Å². The summed E-state index contributed by atoms with van der Waals surface area (Å²) in [5, 5.41) is 4.97. The Bertz CT molecular complexity index is 518. The number of benzene rings is 1. The molecule has 1 heterocycles. The minimum atomic E-state index is 0.335. The van der Waals surface area contributed by atoms with Gasteiger partial charge in [0, 0.05) is 36.3 Å². The SMILES string of the molecule is COCC(C)NC(c1c[nH]c2ccccc12)C(C)C.